The van der Waals surface area contributed by atoms with E-state index >= 15 is 0 Å². The Kier molecular flexibility index (Phi) is 3.15. The molecule has 9 heteroatoms. The van der Waals surface area contributed by atoms with Gasteiger partial charge in [-0.05, 0) is 18.2 Å². The SMILES string of the molecule is N#Cc1cc(-n2ccc(C(F)(F)F)n2)ccc1[N+](=O)[O-]. The van der Waals surface area contributed by atoms with Gasteiger partial charge in [0, 0.05) is 12.3 Å². The summed E-state index contributed by atoms with van der Waals surface area (Å²) < 4.78 is 38.1. The van der Waals surface area contributed by atoms with Gasteiger partial charge >= 0.3 is 6.18 Å². The third-order valence-corrected chi connectivity index (χ3v) is 2.44. The molecule has 0 radical (unpaired) electrons. The molecular weight excluding hydrogens is 277 g/mol. The lowest BCUT2D eigenvalue weighted by atomic mass is 10.2. The summed E-state index contributed by atoms with van der Waals surface area (Å²) >= 11 is 0. The van der Waals surface area contributed by atoms with Crippen molar-refractivity contribution in [3.05, 3.63) is 51.8 Å². The van der Waals surface area contributed by atoms with Crippen LogP contribution in [0.25, 0.3) is 5.69 Å². The van der Waals surface area contributed by atoms with Crippen LogP contribution in [0.1, 0.15) is 11.3 Å². The molecule has 0 amide bonds. The number of hydrogen-bond donors (Lipinski definition) is 0. The van der Waals surface area contributed by atoms with Crippen molar-refractivity contribution in [1.29, 1.82) is 5.26 Å². The number of benzene rings is 1. The van der Waals surface area contributed by atoms with E-state index in [4.69, 9.17) is 5.26 Å². The fourth-order valence-electron chi connectivity index (χ4n) is 1.53. The Morgan fingerprint density at radius 3 is 2.55 bits per heavy atom. The van der Waals surface area contributed by atoms with Crippen molar-refractivity contribution < 1.29 is 18.1 Å². The first-order chi connectivity index (χ1) is 9.32. The molecule has 1 aromatic heterocycles. The number of rotatable bonds is 2. The molecule has 0 atom stereocenters. The van der Waals surface area contributed by atoms with Crippen molar-refractivity contribution in [3.8, 4) is 11.8 Å². The molecule has 0 unspecified atom stereocenters. The molecule has 2 rings (SSSR count). The highest BCUT2D eigenvalue weighted by Gasteiger charge is 2.33. The number of nitriles is 1. The summed E-state index contributed by atoms with van der Waals surface area (Å²) in [5.41, 5.74) is -1.63. The largest absolute Gasteiger partial charge is 0.435 e. The van der Waals surface area contributed by atoms with Crippen molar-refractivity contribution in [1.82, 2.24) is 9.78 Å². The lowest BCUT2D eigenvalue weighted by Gasteiger charge is -2.03. The van der Waals surface area contributed by atoms with Crippen molar-refractivity contribution in [2.75, 3.05) is 0 Å². The van der Waals surface area contributed by atoms with Crippen molar-refractivity contribution in [2.24, 2.45) is 0 Å². The average molecular weight is 282 g/mol. The molecule has 1 aromatic carbocycles. The van der Waals surface area contributed by atoms with Crippen LogP contribution in [0.2, 0.25) is 0 Å². The zero-order chi connectivity index (χ0) is 14.9. The first-order valence-electron chi connectivity index (χ1n) is 5.14. The van der Waals surface area contributed by atoms with Gasteiger partial charge in [0.25, 0.3) is 5.69 Å². The minimum absolute atomic E-state index is 0.127. The number of alkyl halides is 3. The first kappa shape index (κ1) is 13.5. The fourth-order valence-corrected chi connectivity index (χ4v) is 1.53. The Hall–Kier alpha value is -2.89. The van der Waals surface area contributed by atoms with E-state index in [1.807, 2.05) is 0 Å². The molecule has 2 aromatic rings. The van der Waals surface area contributed by atoms with Crippen LogP contribution in [-0.2, 0) is 6.18 Å². The second-order valence-electron chi connectivity index (χ2n) is 3.71. The molecule has 0 fully saturated rings. The van der Waals surface area contributed by atoms with E-state index in [1.54, 1.807) is 6.07 Å². The molecule has 0 saturated heterocycles. The molecule has 6 nitrogen and oxygen atoms in total. The molecule has 0 aliphatic rings. The summed E-state index contributed by atoms with van der Waals surface area (Å²) in [5, 5.41) is 22.8. The number of hydrogen-bond acceptors (Lipinski definition) is 4. The normalized spacial score (nSPS) is 11.1. The Morgan fingerprint density at radius 1 is 1.35 bits per heavy atom. The van der Waals surface area contributed by atoms with Gasteiger partial charge in [-0.1, -0.05) is 0 Å². The highest BCUT2D eigenvalue weighted by atomic mass is 19.4. The Morgan fingerprint density at radius 2 is 2.05 bits per heavy atom. The van der Waals surface area contributed by atoms with E-state index in [1.165, 1.54) is 6.07 Å². The summed E-state index contributed by atoms with van der Waals surface area (Å²) in [6.45, 7) is 0. The molecule has 0 spiro atoms. The van der Waals surface area contributed by atoms with Gasteiger partial charge in [-0.25, -0.2) is 4.68 Å². The fraction of sp³-hybridized carbons (Fsp3) is 0.0909. The molecular formula is C11H5F3N4O2. The summed E-state index contributed by atoms with van der Waals surface area (Å²) in [7, 11) is 0. The highest BCUT2D eigenvalue weighted by molar-refractivity contribution is 5.54. The highest BCUT2D eigenvalue weighted by Crippen LogP contribution is 2.28. The smallest absolute Gasteiger partial charge is 0.258 e. The molecule has 0 bridgehead atoms. The zero-order valence-electron chi connectivity index (χ0n) is 9.63. The van der Waals surface area contributed by atoms with Crippen LogP contribution in [0.4, 0.5) is 18.9 Å². The molecule has 0 saturated carbocycles. The maximum atomic E-state index is 12.4. The van der Waals surface area contributed by atoms with Crippen LogP contribution < -0.4 is 0 Å². The van der Waals surface area contributed by atoms with Gasteiger partial charge in [0.1, 0.15) is 11.6 Å². The predicted molar refractivity (Wildman–Crippen MR) is 59.9 cm³/mol. The first-order valence-corrected chi connectivity index (χ1v) is 5.14. The van der Waals surface area contributed by atoms with E-state index in [9.17, 15) is 23.3 Å². The van der Waals surface area contributed by atoms with Gasteiger partial charge in [-0.2, -0.15) is 23.5 Å². The number of nitro groups is 1. The third-order valence-electron chi connectivity index (χ3n) is 2.44. The Balaban J connectivity index is 2.47. The Bertz CT molecular complexity index is 715. The topological polar surface area (TPSA) is 84.8 Å². The van der Waals surface area contributed by atoms with Gasteiger partial charge in [0.2, 0.25) is 0 Å². The molecule has 0 N–H and O–H groups in total. The van der Waals surface area contributed by atoms with E-state index in [0.717, 1.165) is 29.1 Å². The van der Waals surface area contributed by atoms with Gasteiger partial charge in [-0.3, -0.25) is 10.1 Å². The van der Waals surface area contributed by atoms with Gasteiger partial charge < -0.3 is 0 Å². The van der Waals surface area contributed by atoms with Gasteiger partial charge in [0.05, 0.1) is 10.6 Å². The number of nitro benzene ring substituents is 1. The molecule has 0 aliphatic carbocycles. The van der Waals surface area contributed by atoms with E-state index in [2.05, 4.69) is 5.10 Å². The molecule has 1 heterocycles. The number of nitrogens with zero attached hydrogens (tertiary/aromatic N) is 4. The second kappa shape index (κ2) is 4.65. The minimum Gasteiger partial charge on any atom is -0.258 e. The maximum Gasteiger partial charge on any atom is 0.435 e. The molecule has 0 aliphatic heterocycles. The van der Waals surface area contributed by atoms with Crippen molar-refractivity contribution >= 4 is 5.69 Å². The van der Waals surface area contributed by atoms with Crippen LogP contribution in [0.15, 0.2) is 30.5 Å². The van der Waals surface area contributed by atoms with E-state index in [0.29, 0.717) is 0 Å². The lowest BCUT2D eigenvalue weighted by molar-refractivity contribution is -0.385. The minimum atomic E-state index is -4.58. The summed E-state index contributed by atoms with van der Waals surface area (Å²) in [6, 6.07) is 5.75. The van der Waals surface area contributed by atoms with Crippen LogP contribution in [0.3, 0.4) is 0 Å². The van der Waals surface area contributed by atoms with Gasteiger partial charge in [-0.15, -0.1) is 0 Å². The quantitative estimate of drug-likeness (QED) is 0.626. The molecule has 102 valence electrons. The van der Waals surface area contributed by atoms with E-state index < -0.39 is 22.5 Å². The Labute approximate surface area is 109 Å². The van der Waals surface area contributed by atoms with Crippen LogP contribution in [0.5, 0.6) is 0 Å². The lowest BCUT2D eigenvalue weighted by Crippen LogP contribution is -2.07. The summed E-state index contributed by atoms with van der Waals surface area (Å²) in [4.78, 5) is 9.90. The monoisotopic (exact) mass is 282 g/mol. The average Bonchev–Trinajstić information content (AvgIpc) is 2.87. The molecule has 20 heavy (non-hydrogen) atoms. The van der Waals surface area contributed by atoms with Crippen LogP contribution in [0, 0.1) is 21.4 Å². The van der Waals surface area contributed by atoms with Crippen molar-refractivity contribution in [3.63, 3.8) is 0 Å². The van der Waals surface area contributed by atoms with Crippen LogP contribution >= 0.6 is 0 Å². The second-order valence-corrected chi connectivity index (χ2v) is 3.71. The van der Waals surface area contributed by atoms with E-state index in [-0.39, 0.29) is 11.3 Å². The standard InChI is InChI=1S/C11H5F3N4O2/c12-11(13,14)10-3-4-17(16-10)8-1-2-9(18(19)20)7(5-8)6-15/h1-5H. The summed E-state index contributed by atoms with van der Waals surface area (Å²) in [5.74, 6) is 0. The predicted octanol–water partition coefficient (Wildman–Crippen LogP) is 2.67. The number of halogens is 3. The van der Waals surface area contributed by atoms with Crippen LogP contribution in [-0.4, -0.2) is 14.7 Å². The zero-order valence-corrected chi connectivity index (χ0v) is 9.63. The van der Waals surface area contributed by atoms with Crippen molar-refractivity contribution in [2.45, 2.75) is 6.18 Å². The maximum absolute atomic E-state index is 12.4. The third kappa shape index (κ3) is 2.44. The number of aromatic nitrogens is 2. The summed E-state index contributed by atoms with van der Waals surface area (Å²) in [6.07, 6.45) is -3.52. The van der Waals surface area contributed by atoms with Gasteiger partial charge in [0.15, 0.2) is 5.69 Å².